The SMILES string of the molecule is Cc1ccccc1-n1nc(-c2ccccc2)c2c1N(CC(=O)NCc1cccnc1)C(=O)CSC2c1ccccc1Cl. The Bertz CT molecular complexity index is 1740. The van der Waals surface area contributed by atoms with Gasteiger partial charge in [0.25, 0.3) is 0 Å². The summed E-state index contributed by atoms with van der Waals surface area (Å²) < 4.78 is 1.81. The second-order valence-electron chi connectivity index (χ2n) is 9.98. The summed E-state index contributed by atoms with van der Waals surface area (Å²) in [5.41, 5.74) is 6.07. The van der Waals surface area contributed by atoms with E-state index in [2.05, 4.69) is 10.3 Å². The molecule has 7 nitrogen and oxygen atoms in total. The Kier molecular flexibility index (Phi) is 8.08. The van der Waals surface area contributed by atoms with Gasteiger partial charge in [-0.1, -0.05) is 84.4 Å². The van der Waals surface area contributed by atoms with E-state index in [0.29, 0.717) is 17.4 Å². The van der Waals surface area contributed by atoms with Crippen molar-refractivity contribution in [2.24, 2.45) is 0 Å². The number of nitrogens with zero attached hydrogens (tertiary/aromatic N) is 4. The highest BCUT2D eigenvalue weighted by Gasteiger charge is 2.38. The van der Waals surface area contributed by atoms with Gasteiger partial charge in [0.1, 0.15) is 12.4 Å². The van der Waals surface area contributed by atoms with Gasteiger partial charge in [0.05, 0.1) is 22.4 Å². The van der Waals surface area contributed by atoms with E-state index in [1.54, 1.807) is 17.3 Å². The normalized spacial score (nSPS) is 14.8. The molecule has 3 aromatic carbocycles. The largest absolute Gasteiger partial charge is 0.350 e. The maximum Gasteiger partial charge on any atom is 0.240 e. The van der Waals surface area contributed by atoms with E-state index in [1.807, 2.05) is 103 Å². The fraction of sp³-hybridized carbons (Fsp3) is 0.152. The number of nitrogens with one attached hydrogen (secondary N) is 1. The Balaban J connectivity index is 1.54. The number of carbonyl (C=O) groups is 2. The standard InChI is InChI=1S/C33H28ClN5O2S/c1-22-10-5-8-16-27(22)39-33-30(31(37-39)24-12-3-2-4-13-24)32(25-14-6-7-15-26(25)34)42-21-29(41)38(33)20-28(40)36-19-23-11-9-17-35-18-23/h2-18,32H,19-21H2,1H3,(H,36,40). The summed E-state index contributed by atoms with van der Waals surface area (Å²) in [6.45, 7) is 2.16. The van der Waals surface area contributed by atoms with Crippen molar-refractivity contribution in [1.29, 1.82) is 0 Å². The molecule has 9 heteroatoms. The van der Waals surface area contributed by atoms with Crippen molar-refractivity contribution < 1.29 is 9.59 Å². The molecular formula is C33H28ClN5O2S. The van der Waals surface area contributed by atoms with Crippen molar-refractivity contribution in [3.63, 3.8) is 0 Å². The van der Waals surface area contributed by atoms with Crippen LogP contribution < -0.4 is 10.2 Å². The molecule has 6 rings (SSSR count). The van der Waals surface area contributed by atoms with Crippen molar-refractivity contribution in [2.75, 3.05) is 17.2 Å². The monoisotopic (exact) mass is 593 g/mol. The number of rotatable bonds is 7. The highest BCUT2D eigenvalue weighted by atomic mass is 35.5. The summed E-state index contributed by atoms with van der Waals surface area (Å²) in [4.78, 5) is 33.0. The summed E-state index contributed by atoms with van der Waals surface area (Å²) in [6.07, 6.45) is 3.40. The van der Waals surface area contributed by atoms with Gasteiger partial charge in [0.15, 0.2) is 0 Å². The van der Waals surface area contributed by atoms with E-state index in [0.717, 1.165) is 39.2 Å². The molecule has 210 valence electrons. The first kappa shape index (κ1) is 27.8. The summed E-state index contributed by atoms with van der Waals surface area (Å²) in [5, 5.41) is 8.41. The molecule has 0 aliphatic carbocycles. The number of thioether (sulfide) groups is 1. The van der Waals surface area contributed by atoms with Crippen molar-refractivity contribution in [3.05, 3.63) is 131 Å². The van der Waals surface area contributed by atoms with Crippen LogP contribution in [0.3, 0.4) is 0 Å². The van der Waals surface area contributed by atoms with Crippen molar-refractivity contribution in [3.8, 4) is 16.9 Å². The van der Waals surface area contributed by atoms with E-state index in [4.69, 9.17) is 16.7 Å². The number of pyridine rings is 1. The molecule has 5 aromatic rings. The average molecular weight is 594 g/mol. The molecule has 1 N–H and O–H groups in total. The number of aryl methyl sites for hydroxylation is 1. The summed E-state index contributed by atoms with van der Waals surface area (Å²) in [5.74, 6) is 0.280. The topological polar surface area (TPSA) is 80.1 Å². The number of hydrogen-bond acceptors (Lipinski definition) is 5. The number of hydrogen-bond donors (Lipinski definition) is 1. The average Bonchev–Trinajstić information content (AvgIpc) is 3.34. The first-order valence-corrected chi connectivity index (χ1v) is 15.0. The summed E-state index contributed by atoms with van der Waals surface area (Å²) in [7, 11) is 0. The third-order valence-corrected chi connectivity index (χ3v) is 8.76. The Hall–Kier alpha value is -4.40. The highest BCUT2D eigenvalue weighted by Crippen LogP contribution is 2.50. The number of carbonyl (C=O) groups excluding carboxylic acids is 2. The molecule has 0 saturated carbocycles. The van der Waals surface area contributed by atoms with Crippen molar-refractivity contribution in [2.45, 2.75) is 18.7 Å². The molecule has 3 heterocycles. The van der Waals surface area contributed by atoms with Crippen LogP contribution in [0.15, 0.2) is 103 Å². The Morgan fingerprint density at radius 1 is 1.00 bits per heavy atom. The summed E-state index contributed by atoms with van der Waals surface area (Å²) in [6, 6.07) is 29.2. The fourth-order valence-electron chi connectivity index (χ4n) is 5.13. The third kappa shape index (κ3) is 5.55. The fourth-order valence-corrected chi connectivity index (χ4v) is 6.68. The lowest BCUT2D eigenvalue weighted by Crippen LogP contribution is -2.42. The Morgan fingerprint density at radius 2 is 1.76 bits per heavy atom. The minimum Gasteiger partial charge on any atom is -0.350 e. The van der Waals surface area contributed by atoms with Crippen LogP contribution in [0.2, 0.25) is 5.02 Å². The first-order chi connectivity index (χ1) is 20.5. The number of fused-ring (bicyclic) bond motifs is 1. The molecule has 0 bridgehead atoms. The molecule has 0 spiro atoms. The molecule has 1 atom stereocenters. The van der Waals surface area contributed by atoms with Gasteiger partial charge in [-0.3, -0.25) is 19.5 Å². The molecule has 0 radical (unpaired) electrons. The predicted octanol–water partition coefficient (Wildman–Crippen LogP) is 6.38. The number of para-hydroxylation sites is 1. The van der Waals surface area contributed by atoms with Crippen LogP contribution in [-0.2, 0) is 16.1 Å². The van der Waals surface area contributed by atoms with Crippen LogP contribution in [0, 0.1) is 6.92 Å². The lowest BCUT2D eigenvalue weighted by Gasteiger charge is -2.24. The van der Waals surface area contributed by atoms with Gasteiger partial charge in [0, 0.05) is 35.1 Å². The lowest BCUT2D eigenvalue weighted by atomic mass is 9.99. The van der Waals surface area contributed by atoms with E-state index in [1.165, 1.54) is 11.8 Å². The number of aromatic nitrogens is 3. The second kappa shape index (κ2) is 12.2. The summed E-state index contributed by atoms with van der Waals surface area (Å²) >= 11 is 8.27. The Morgan fingerprint density at radius 3 is 2.52 bits per heavy atom. The molecule has 1 aliphatic heterocycles. The van der Waals surface area contributed by atoms with Crippen LogP contribution in [0.5, 0.6) is 0 Å². The minimum absolute atomic E-state index is 0.159. The predicted molar refractivity (Wildman–Crippen MR) is 168 cm³/mol. The van der Waals surface area contributed by atoms with E-state index in [9.17, 15) is 9.59 Å². The number of halogens is 1. The first-order valence-electron chi connectivity index (χ1n) is 13.6. The maximum absolute atomic E-state index is 13.9. The Labute approximate surface area is 253 Å². The van der Waals surface area contributed by atoms with Crippen LogP contribution >= 0.6 is 23.4 Å². The highest BCUT2D eigenvalue weighted by molar-refractivity contribution is 8.00. The molecule has 2 amide bonds. The second-order valence-corrected chi connectivity index (χ2v) is 11.5. The molecule has 1 unspecified atom stereocenters. The third-order valence-electron chi connectivity index (χ3n) is 7.18. The number of amides is 2. The van der Waals surface area contributed by atoms with Crippen LogP contribution in [0.25, 0.3) is 16.9 Å². The van der Waals surface area contributed by atoms with Crippen LogP contribution in [0.1, 0.15) is 27.5 Å². The van der Waals surface area contributed by atoms with Crippen molar-refractivity contribution >= 4 is 41.0 Å². The number of benzene rings is 3. The molecule has 2 aromatic heterocycles. The lowest BCUT2D eigenvalue weighted by molar-refractivity contribution is -0.123. The molecule has 1 aliphatic rings. The van der Waals surface area contributed by atoms with Gasteiger partial charge < -0.3 is 5.32 Å². The quantitative estimate of drug-likeness (QED) is 0.237. The van der Waals surface area contributed by atoms with Crippen LogP contribution in [0.4, 0.5) is 5.82 Å². The van der Waals surface area contributed by atoms with Gasteiger partial charge in [-0.25, -0.2) is 4.68 Å². The zero-order chi connectivity index (χ0) is 29.1. The number of anilines is 1. The maximum atomic E-state index is 13.9. The van der Waals surface area contributed by atoms with Gasteiger partial charge in [-0.2, -0.15) is 5.10 Å². The van der Waals surface area contributed by atoms with E-state index < -0.39 is 0 Å². The molecule has 0 saturated heterocycles. The molecule has 0 fully saturated rings. The van der Waals surface area contributed by atoms with Gasteiger partial charge >= 0.3 is 0 Å². The smallest absolute Gasteiger partial charge is 0.240 e. The zero-order valence-electron chi connectivity index (χ0n) is 22.9. The van der Waals surface area contributed by atoms with E-state index >= 15 is 0 Å². The molecular weight excluding hydrogens is 566 g/mol. The van der Waals surface area contributed by atoms with Gasteiger partial charge in [0.2, 0.25) is 11.8 Å². The van der Waals surface area contributed by atoms with Crippen molar-refractivity contribution in [1.82, 2.24) is 20.1 Å². The van der Waals surface area contributed by atoms with Gasteiger partial charge in [-0.15, -0.1) is 11.8 Å². The van der Waals surface area contributed by atoms with E-state index in [-0.39, 0.29) is 29.4 Å². The molecule has 42 heavy (non-hydrogen) atoms. The van der Waals surface area contributed by atoms with Gasteiger partial charge in [-0.05, 0) is 41.8 Å². The van der Waals surface area contributed by atoms with Crippen LogP contribution in [-0.4, -0.2) is 38.9 Å². The zero-order valence-corrected chi connectivity index (χ0v) is 24.5. The minimum atomic E-state index is -0.297.